The molecule has 11 heteroatoms. The van der Waals surface area contributed by atoms with E-state index in [1.807, 2.05) is 0 Å². The third kappa shape index (κ3) is 4.11. The second-order valence-electron chi connectivity index (χ2n) is 6.29. The molecule has 1 aromatic carbocycles. The summed E-state index contributed by atoms with van der Waals surface area (Å²) in [5.41, 5.74) is 9.66. The fourth-order valence-corrected chi connectivity index (χ4v) is 3.20. The molecular formula is C17H18N6O5. The number of carbonyl (C=O) groups excluding carboxylic acids is 4. The minimum Gasteiger partial charge on any atom is -0.371 e. The zero-order chi connectivity index (χ0) is 20.1. The monoisotopic (exact) mass is 386 g/mol. The maximum atomic E-state index is 12.7. The van der Waals surface area contributed by atoms with Crippen molar-refractivity contribution in [3.63, 3.8) is 0 Å². The molecule has 0 saturated carbocycles. The predicted molar refractivity (Wildman–Crippen MR) is 95.9 cm³/mol. The van der Waals surface area contributed by atoms with Crippen LogP contribution in [-0.4, -0.2) is 54.3 Å². The Morgan fingerprint density at radius 3 is 2.96 bits per heavy atom. The van der Waals surface area contributed by atoms with Gasteiger partial charge in [-0.15, -0.1) is 0 Å². The van der Waals surface area contributed by atoms with Gasteiger partial charge < -0.3 is 15.0 Å². The minimum atomic E-state index is -0.717. The van der Waals surface area contributed by atoms with Gasteiger partial charge in [-0.3, -0.25) is 24.5 Å². The normalized spacial score (nSPS) is 18.4. The lowest BCUT2D eigenvalue weighted by Gasteiger charge is -2.29. The highest BCUT2D eigenvalue weighted by molar-refractivity contribution is 6.06. The molecule has 146 valence electrons. The SMILES string of the molecule is [N-]=[N+]=NCCOCC(=O)Nc1cccc2c1CN(C1CCC(=O)NC1=O)C2=O. The Morgan fingerprint density at radius 2 is 2.21 bits per heavy atom. The number of azide groups is 1. The van der Waals surface area contributed by atoms with Crippen molar-refractivity contribution in [2.24, 2.45) is 5.11 Å². The lowest BCUT2D eigenvalue weighted by Crippen LogP contribution is -2.52. The van der Waals surface area contributed by atoms with Gasteiger partial charge in [-0.1, -0.05) is 11.2 Å². The molecule has 0 aliphatic carbocycles. The molecule has 1 unspecified atom stereocenters. The molecular weight excluding hydrogens is 368 g/mol. The molecule has 4 amide bonds. The highest BCUT2D eigenvalue weighted by Crippen LogP contribution is 2.32. The molecule has 2 N–H and O–H groups in total. The van der Waals surface area contributed by atoms with Crippen LogP contribution in [0.3, 0.4) is 0 Å². The minimum absolute atomic E-state index is 0.117. The molecule has 11 nitrogen and oxygen atoms in total. The Kier molecular flexibility index (Phi) is 5.87. The highest BCUT2D eigenvalue weighted by atomic mass is 16.5. The number of carbonyl (C=O) groups is 4. The summed E-state index contributed by atoms with van der Waals surface area (Å²) in [6.45, 7) is 0.177. The lowest BCUT2D eigenvalue weighted by atomic mass is 10.0. The van der Waals surface area contributed by atoms with Crippen molar-refractivity contribution in [3.05, 3.63) is 39.8 Å². The number of hydrogen-bond acceptors (Lipinski definition) is 6. The van der Waals surface area contributed by atoms with Gasteiger partial charge in [0.05, 0.1) is 6.61 Å². The summed E-state index contributed by atoms with van der Waals surface area (Å²) >= 11 is 0. The molecule has 0 bridgehead atoms. The number of hydrogen-bond donors (Lipinski definition) is 2. The Labute approximate surface area is 159 Å². The van der Waals surface area contributed by atoms with Gasteiger partial charge in [0.15, 0.2) is 0 Å². The second-order valence-corrected chi connectivity index (χ2v) is 6.29. The third-order valence-corrected chi connectivity index (χ3v) is 4.49. The number of benzene rings is 1. The van der Waals surface area contributed by atoms with Gasteiger partial charge in [0, 0.05) is 41.2 Å². The van der Waals surface area contributed by atoms with Crippen LogP contribution in [0.25, 0.3) is 10.4 Å². The summed E-state index contributed by atoms with van der Waals surface area (Å²) in [6.07, 6.45) is 0.443. The Bertz CT molecular complexity index is 879. The number of nitrogens with one attached hydrogen (secondary N) is 2. The van der Waals surface area contributed by atoms with Gasteiger partial charge in [0.25, 0.3) is 5.91 Å². The number of anilines is 1. The first kappa shape index (κ1) is 19.3. The van der Waals surface area contributed by atoms with E-state index in [0.717, 1.165) is 0 Å². The van der Waals surface area contributed by atoms with Crippen molar-refractivity contribution in [2.45, 2.75) is 25.4 Å². The summed E-state index contributed by atoms with van der Waals surface area (Å²) in [4.78, 5) is 52.2. The van der Waals surface area contributed by atoms with Gasteiger partial charge in [-0.25, -0.2) is 0 Å². The third-order valence-electron chi connectivity index (χ3n) is 4.49. The van der Waals surface area contributed by atoms with Crippen LogP contribution in [0.1, 0.15) is 28.8 Å². The van der Waals surface area contributed by atoms with E-state index in [1.54, 1.807) is 18.2 Å². The number of imide groups is 1. The number of rotatable bonds is 7. The number of amides is 4. The van der Waals surface area contributed by atoms with Gasteiger partial charge in [-0.2, -0.15) is 0 Å². The topological polar surface area (TPSA) is 154 Å². The van der Waals surface area contributed by atoms with E-state index < -0.39 is 17.9 Å². The molecule has 28 heavy (non-hydrogen) atoms. The van der Waals surface area contributed by atoms with Crippen LogP contribution in [0.15, 0.2) is 23.3 Å². The molecule has 2 aliphatic rings. The first-order chi connectivity index (χ1) is 13.5. The van der Waals surface area contributed by atoms with E-state index in [0.29, 0.717) is 16.8 Å². The van der Waals surface area contributed by atoms with Crippen LogP contribution in [0.2, 0.25) is 0 Å². The molecule has 1 atom stereocenters. The van der Waals surface area contributed by atoms with Crippen LogP contribution < -0.4 is 10.6 Å². The molecule has 3 rings (SSSR count). The number of nitrogens with zero attached hydrogens (tertiary/aromatic N) is 4. The molecule has 0 aromatic heterocycles. The lowest BCUT2D eigenvalue weighted by molar-refractivity contribution is -0.137. The Morgan fingerprint density at radius 1 is 1.39 bits per heavy atom. The van der Waals surface area contributed by atoms with Crippen molar-refractivity contribution in [3.8, 4) is 0 Å². The van der Waals surface area contributed by atoms with Gasteiger partial charge in [0.2, 0.25) is 17.7 Å². The zero-order valence-electron chi connectivity index (χ0n) is 14.9. The van der Waals surface area contributed by atoms with E-state index >= 15 is 0 Å². The van der Waals surface area contributed by atoms with Crippen LogP contribution in [0.5, 0.6) is 0 Å². The molecule has 0 radical (unpaired) electrons. The van der Waals surface area contributed by atoms with Crippen molar-refractivity contribution in [2.75, 3.05) is 25.1 Å². The summed E-state index contributed by atoms with van der Waals surface area (Å²) in [7, 11) is 0. The van der Waals surface area contributed by atoms with Crippen molar-refractivity contribution in [1.29, 1.82) is 0 Å². The highest BCUT2D eigenvalue weighted by Gasteiger charge is 2.39. The maximum Gasteiger partial charge on any atom is 0.255 e. The van der Waals surface area contributed by atoms with Crippen LogP contribution in [-0.2, 0) is 25.7 Å². The molecule has 1 fully saturated rings. The van der Waals surface area contributed by atoms with Gasteiger partial charge in [0.1, 0.15) is 12.6 Å². The largest absolute Gasteiger partial charge is 0.371 e. The smallest absolute Gasteiger partial charge is 0.255 e. The fraction of sp³-hybridized carbons (Fsp3) is 0.412. The summed E-state index contributed by atoms with van der Waals surface area (Å²) < 4.78 is 5.11. The number of piperidine rings is 1. The molecule has 1 saturated heterocycles. The second kappa shape index (κ2) is 8.51. The summed E-state index contributed by atoms with van der Waals surface area (Å²) in [5.74, 6) is -1.57. The Balaban J connectivity index is 1.66. The van der Waals surface area contributed by atoms with E-state index in [-0.39, 0.29) is 51.0 Å². The quantitative estimate of drug-likeness (QED) is 0.232. The average molecular weight is 386 g/mol. The maximum absolute atomic E-state index is 12.7. The summed E-state index contributed by atoms with van der Waals surface area (Å²) in [5, 5.41) is 8.24. The Hall–Kier alpha value is -3.43. The van der Waals surface area contributed by atoms with Crippen LogP contribution in [0, 0.1) is 0 Å². The van der Waals surface area contributed by atoms with E-state index in [2.05, 4.69) is 20.7 Å². The molecule has 1 aromatic rings. The van der Waals surface area contributed by atoms with Crippen LogP contribution >= 0.6 is 0 Å². The van der Waals surface area contributed by atoms with Gasteiger partial charge >= 0.3 is 0 Å². The molecule has 2 heterocycles. The predicted octanol–water partition coefficient (Wildman–Crippen LogP) is 0.713. The first-order valence-electron chi connectivity index (χ1n) is 8.66. The van der Waals surface area contributed by atoms with Crippen molar-refractivity contribution in [1.82, 2.24) is 10.2 Å². The van der Waals surface area contributed by atoms with Crippen molar-refractivity contribution >= 4 is 29.3 Å². The molecule has 2 aliphatic heterocycles. The summed E-state index contributed by atoms with van der Waals surface area (Å²) in [6, 6.07) is 4.22. The standard InChI is InChI=1S/C17H18N6O5/c18-22-19-6-7-28-9-15(25)20-12-3-1-2-10-11(12)8-23(17(10)27)13-4-5-14(24)21-16(13)26/h1-3,13H,4-9H2,(H,20,25)(H,21,24,26). The zero-order valence-corrected chi connectivity index (χ0v) is 14.9. The first-order valence-corrected chi connectivity index (χ1v) is 8.66. The number of fused-ring (bicyclic) bond motifs is 1. The van der Waals surface area contributed by atoms with Crippen LogP contribution in [0.4, 0.5) is 5.69 Å². The van der Waals surface area contributed by atoms with Crippen molar-refractivity contribution < 1.29 is 23.9 Å². The van der Waals surface area contributed by atoms with E-state index in [4.69, 9.17) is 10.3 Å². The fourth-order valence-electron chi connectivity index (χ4n) is 3.20. The number of ether oxygens (including phenoxy) is 1. The van der Waals surface area contributed by atoms with E-state index in [1.165, 1.54) is 4.90 Å². The van der Waals surface area contributed by atoms with E-state index in [9.17, 15) is 19.2 Å². The molecule has 0 spiro atoms. The van der Waals surface area contributed by atoms with Gasteiger partial charge in [-0.05, 0) is 24.1 Å². The average Bonchev–Trinajstić information content (AvgIpc) is 2.99.